The summed E-state index contributed by atoms with van der Waals surface area (Å²) in [5.74, 6) is 0. The molecule has 4 nitrogen and oxygen atoms in total. The molecule has 1 heterocycles. The second kappa shape index (κ2) is 5.46. The lowest BCUT2D eigenvalue weighted by Gasteiger charge is -2.14. The molecule has 0 atom stereocenters. The Kier molecular flexibility index (Phi) is 3.96. The number of aromatic nitrogens is 2. The van der Waals surface area contributed by atoms with Crippen LogP contribution in [0.3, 0.4) is 0 Å². The van der Waals surface area contributed by atoms with Crippen LogP contribution in [0.2, 0.25) is 0 Å². The van der Waals surface area contributed by atoms with Gasteiger partial charge >= 0.3 is 0 Å². The molecule has 4 heteroatoms. The standard InChI is InChI=1S/C12H22N4/c1-16(8-7-13)9-12-10-5-3-2-4-6-11(10)14-15-12/h2-9,13H2,1H3,(H,14,15). The highest BCUT2D eigenvalue weighted by Crippen LogP contribution is 2.22. The van der Waals surface area contributed by atoms with Gasteiger partial charge in [-0.05, 0) is 38.3 Å². The van der Waals surface area contributed by atoms with Crippen LogP contribution in [0.5, 0.6) is 0 Å². The first-order valence-electron chi connectivity index (χ1n) is 6.25. The van der Waals surface area contributed by atoms with Crippen molar-refractivity contribution in [2.75, 3.05) is 20.1 Å². The van der Waals surface area contributed by atoms with Crippen molar-refractivity contribution in [2.24, 2.45) is 5.73 Å². The number of hydrogen-bond donors (Lipinski definition) is 2. The van der Waals surface area contributed by atoms with Gasteiger partial charge in [0.1, 0.15) is 0 Å². The summed E-state index contributed by atoms with van der Waals surface area (Å²) in [6.07, 6.45) is 6.31. The van der Waals surface area contributed by atoms with E-state index in [1.165, 1.54) is 49.1 Å². The van der Waals surface area contributed by atoms with Crippen LogP contribution in [0.25, 0.3) is 0 Å². The number of fused-ring (bicyclic) bond motifs is 1. The lowest BCUT2D eigenvalue weighted by atomic mass is 10.1. The minimum Gasteiger partial charge on any atom is -0.329 e. The van der Waals surface area contributed by atoms with Crippen LogP contribution in [0.1, 0.15) is 36.2 Å². The molecule has 1 aliphatic rings. The Morgan fingerprint density at radius 3 is 2.94 bits per heavy atom. The molecule has 0 amide bonds. The van der Waals surface area contributed by atoms with Gasteiger partial charge in [-0.3, -0.25) is 10.00 Å². The fraction of sp³-hybridized carbons (Fsp3) is 0.750. The molecule has 0 fully saturated rings. The third kappa shape index (κ3) is 2.62. The summed E-state index contributed by atoms with van der Waals surface area (Å²) in [6, 6.07) is 0. The largest absolute Gasteiger partial charge is 0.329 e. The van der Waals surface area contributed by atoms with Gasteiger partial charge in [-0.25, -0.2) is 0 Å². The predicted octanol–water partition coefficient (Wildman–Crippen LogP) is 1.07. The van der Waals surface area contributed by atoms with E-state index in [0.29, 0.717) is 6.54 Å². The molecule has 1 aliphatic carbocycles. The van der Waals surface area contributed by atoms with Crippen molar-refractivity contribution < 1.29 is 0 Å². The smallest absolute Gasteiger partial charge is 0.0796 e. The highest BCUT2D eigenvalue weighted by molar-refractivity contribution is 5.26. The molecule has 0 saturated carbocycles. The molecular formula is C12H22N4. The number of nitrogens with one attached hydrogen (secondary N) is 1. The summed E-state index contributed by atoms with van der Waals surface area (Å²) in [5.41, 5.74) is 9.62. The topological polar surface area (TPSA) is 57.9 Å². The minimum atomic E-state index is 0.711. The normalized spacial score (nSPS) is 16.2. The van der Waals surface area contributed by atoms with Crippen molar-refractivity contribution in [1.29, 1.82) is 0 Å². The zero-order valence-corrected chi connectivity index (χ0v) is 10.1. The molecule has 0 saturated heterocycles. The zero-order chi connectivity index (χ0) is 11.4. The second-order valence-corrected chi connectivity index (χ2v) is 4.71. The van der Waals surface area contributed by atoms with Gasteiger partial charge in [0, 0.05) is 25.3 Å². The van der Waals surface area contributed by atoms with Gasteiger partial charge in [0.25, 0.3) is 0 Å². The zero-order valence-electron chi connectivity index (χ0n) is 10.1. The molecule has 16 heavy (non-hydrogen) atoms. The summed E-state index contributed by atoms with van der Waals surface area (Å²) >= 11 is 0. The Labute approximate surface area is 97.2 Å². The SMILES string of the molecule is CN(CCN)Cc1n[nH]c2c1CCCCC2. The van der Waals surface area contributed by atoms with E-state index in [-0.39, 0.29) is 0 Å². The van der Waals surface area contributed by atoms with Gasteiger partial charge in [-0.15, -0.1) is 0 Å². The molecule has 2 rings (SSSR count). The van der Waals surface area contributed by atoms with E-state index in [9.17, 15) is 0 Å². The van der Waals surface area contributed by atoms with Gasteiger partial charge in [0.15, 0.2) is 0 Å². The third-order valence-corrected chi connectivity index (χ3v) is 3.32. The van der Waals surface area contributed by atoms with Crippen LogP contribution in [0.4, 0.5) is 0 Å². The fourth-order valence-electron chi connectivity index (χ4n) is 2.41. The predicted molar refractivity (Wildman–Crippen MR) is 65.2 cm³/mol. The molecule has 0 bridgehead atoms. The third-order valence-electron chi connectivity index (χ3n) is 3.32. The van der Waals surface area contributed by atoms with Crippen LogP contribution >= 0.6 is 0 Å². The van der Waals surface area contributed by atoms with Crippen LogP contribution in [-0.4, -0.2) is 35.2 Å². The average molecular weight is 222 g/mol. The van der Waals surface area contributed by atoms with Gasteiger partial charge < -0.3 is 5.73 Å². The molecule has 1 aromatic rings. The van der Waals surface area contributed by atoms with Crippen LogP contribution < -0.4 is 5.73 Å². The average Bonchev–Trinajstić information content (AvgIpc) is 2.51. The lowest BCUT2D eigenvalue weighted by molar-refractivity contribution is 0.331. The summed E-state index contributed by atoms with van der Waals surface area (Å²) in [7, 11) is 2.10. The monoisotopic (exact) mass is 222 g/mol. The maximum absolute atomic E-state index is 5.55. The number of hydrogen-bond acceptors (Lipinski definition) is 3. The highest BCUT2D eigenvalue weighted by atomic mass is 15.2. The number of likely N-dealkylation sites (N-methyl/N-ethyl adjacent to an activating group) is 1. The van der Waals surface area contributed by atoms with Crippen LogP contribution in [0, 0.1) is 0 Å². The van der Waals surface area contributed by atoms with E-state index in [4.69, 9.17) is 5.73 Å². The Bertz CT molecular complexity index is 332. The van der Waals surface area contributed by atoms with E-state index >= 15 is 0 Å². The molecule has 1 aromatic heterocycles. The van der Waals surface area contributed by atoms with Gasteiger partial charge in [0.2, 0.25) is 0 Å². The number of nitrogens with zero attached hydrogens (tertiary/aromatic N) is 2. The van der Waals surface area contributed by atoms with Gasteiger partial charge in [-0.1, -0.05) is 6.42 Å². The van der Waals surface area contributed by atoms with Crippen molar-refractivity contribution in [1.82, 2.24) is 15.1 Å². The Hall–Kier alpha value is -0.870. The van der Waals surface area contributed by atoms with Gasteiger partial charge in [0.05, 0.1) is 5.69 Å². The summed E-state index contributed by atoms with van der Waals surface area (Å²) in [5, 5.41) is 7.66. The molecule has 0 aromatic carbocycles. The number of aromatic amines is 1. The summed E-state index contributed by atoms with van der Waals surface area (Å²) in [4.78, 5) is 2.24. The molecule has 0 aliphatic heterocycles. The van der Waals surface area contributed by atoms with E-state index < -0.39 is 0 Å². The van der Waals surface area contributed by atoms with Crippen molar-refractivity contribution in [3.63, 3.8) is 0 Å². The van der Waals surface area contributed by atoms with Crippen molar-refractivity contribution in [2.45, 2.75) is 38.6 Å². The molecule has 0 unspecified atom stereocenters. The quantitative estimate of drug-likeness (QED) is 0.749. The first kappa shape index (κ1) is 11.6. The van der Waals surface area contributed by atoms with E-state index in [0.717, 1.165) is 13.1 Å². The Morgan fingerprint density at radius 2 is 2.12 bits per heavy atom. The molecular weight excluding hydrogens is 200 g/mol. The second-order valence-electron chi connectivity index (χ2n) is 4.71. The van der Waals surface area contributed by atoms with Crippen molar-refractivity contribution in [3.05, 3.63) is 17.0 Å². The summed E-state index contributed by atoms with van der Waals surface area (Å²) < 4.78 is 0. The van der Waals surface area contributed by atoms with Crippen molar-refractivity contribution >= 4 is 0 Å². The highest BCUT2D eigenvalue weighted by Gasteiger charge is 2.16. The Balaban J connectivity index is 2.07. The number of rotatable bonds is 4. The molecule has 0 radical (unpaired) electrons. The Morgan fingerprint density at radius 1 is 1.31 bits per heavy atom. The van der Waals surface area contributed by atoms with E-state index in [1.807, 2.05) is 0 Å². The first-order valence-corrected chi connectivity index (χ1v) is 6.25. The maximum Gasteiger partial charge on any atom is 0.0796 e. The molecule has 3 N–H and O–H groups in total. The minimum absolute atomic E-state index is 0.711. The van der Waals surface area contributed by atoms with Crippen molar-refractivity contribution in [3.8, 4) is 0 Å². The van der Waals surface area contributed by atoms with Crippen LogP contribution in [0.15, 0.2) is 0 Å². The molecule has 90 valence electrons. The van der Waals surface area contributed by atoms with E-state index in [2.05, 4.69) is 22.1 Å². The molecule has 0 spiro atoms. The lowest BCUT2D eigenvalue weighted by Crippen LogP contribution is -2.25. The van der Waals surface area contributed by atoms with Crippen LogP contribution in [-0.2, 0) is 19.4 Å². The van der Waals surface area contributed by atoms with Gasteiger partial charge in [-0.2, -0.15) is 5.10 Å². The first-order chi connectivity index (χ1) is 7.81. The summed E-state index contributed by atoms with van der Waals surface area (Å²) in [6.45, 7) is 2.56. The maximum atomic E-state index is 5.55. The number of aryl methyl sites for hydroxylation is 1. The number of nitrogens with two attached hydrogens (primary N) is 1. The number of H-pyrrole nitrogens is 1. The fourth-order valence-corrected chi connectivity index (χ4v) is 2.41. The van der Waals surface area contributed by atoms with E-state index in [1.54, 1.807) is 0 Å².